The third kappa shape index (κ3) is 4.43. The molecule has 134 valence electrons. The Kier molecular flexibility index (Phi) is 5.58. The molecule has 1 aromatic heterocycles. The van der Waals surface area contributed by atoms with E-state index in [1.807, 2.05) is 24.3 Å². The van der Waals surface area contributed by atoms with Crippen LogP contribution in [0.2, 0.25) is 0 Å². The van der Waals surface area contributed by atoms with Crippen LogP contribution >= 0.6 is 11.8 Å². The molecule has 0 atom stereocenters. The minimum Gasteiger partial charge on any atom is -0.497 e. The number of nitrogens with zero attached hydrogens (tertiary/aromatic N) is 2. The van der Waals surface area contributed by atoms with Gasteiger partial charge in [-0.25, -0.2) is 0 Å². The number of nitrogens with one attached hydrogen (secondary N) is 1. The van der Waals surface area contributed by atoms with Gasteiger partial charge in [0.05, 0.1) is 7.11 Å². The first-order chi connectivity index (χ1) is 12.5. The van der Waals surface area contributed by atoms with E-state index in [9.17, 15) is 4.79 Å². The third-order valence-corrected chi connectivity index (χ3v) is 4.49. The highest BCUT2D eigenvalue weighted by atomic mass is 32.2. The SMILES string of the molecule is COc1ccc(-c2nnc(NC(=O)c3ccc(SC(C)C)cc3)o2)cc1. The van der Waals surface area contributed by atoms with Crippen molar-refractivity contribution in [2.75, 3.05) is 12.4 Å². The maximum atomic E-state index is 12.3. The summed E-state index contributed by atoms with van der Waals surface area (Å²) in [4.78, 5) is 13.4. The summed E-state index contributed by atoms with van der Waals surface area (Å²) in [5.74, 6) is 0.767. The molecule has 2 aromatic carbocycles. The molecule has 1 heterocycles. The smallest absolute Gasteiger partial charge is 0.322 e. The lowest BCUT2D eigenvalue weighted by Crippen LogP contribution is -2.11. The molecule has 0 spiro atoms. The molecule has 0 saturated heterocycles. The summed E-state index contributed by atoms with van der Waals surface area (Å²) >= 11 is 1.74. The van der Waals surface area contributed by atoms with Gasteiger partial charge in [-0.2, -0.15) is 0 Å². The highest BCUT2D eigenvalue weighted by Crippen LogP contribution is 2.24. The van der Waals surface area contributed by atoms with Gasteiger partial charge < -0.3 is 9.15 Å². The van der Waals surface area contributed by atoms with Gasteiger partial charge in [0.1, 0.15) is 5.75 Å². The third-order valence-electron chi connectivity index (χ3n) is 3.47. The second-order valence-corrected chi connectivity index (χ2v) is 7.44. The van der Waals surface area contributed by atoms with Crippen molar-refractivity contribution in [3.63, 3.8) is 0 Å². The van der Waals surface area contributed by atoms with Gasteiger partial charge in [-0.3, -0.25) is 10.1 Å². The van der Waals surface area contributed by atoms with E-state index in [2.05, 4.69) is 29.4 Å². The maximum Gasteiger partial charge on any atom is 0.322 e. The summed E-state index contributed by atoms with van der Waals surface area (Å²) < 4.78 is 10.6. The molecule has 1 amide bonds. The van der Waals surface area contributed by atoms with Crippen LogP contribution in [-0.2, 0) is 0 Å². The molecular formula is C19H19N3O3S. The van der Waals surface area contributed by atoms with Gasteiger partial charge in [-0.15, -0.1) is 16.9 Å². The van der Waals surface area contributed by atoms with Gasteiger partial charge in [0.2, 0.25) is 5.89 Å². The summed E-state index contributed by atoms with van der Waals surface area (Å²) in [7, 11) is 1.60. The summed E-state index contributed by atoms with van der Waals surface area (Å²) in [6.07, 6.45) is 0. The molecule has 1 N–H and O–H groups in total. The first-order valence-corrected chi connectivity index (χ1v) is 8.99. The van der Waals surface area contributed by atoms with Crippen molar-refractivity contribution in [3.8, 4) is 17.2 Å². The van der Waals surface area contributed by atoms with Gasteiger partial charge in [0, 0.05) is 21.3 Å². The van der Waals surface area contributed by atoms with Crippen LogP contribution in [0.25, 0.3) is 11.5 Å². The zero-order chi connectivity index (χ0) is 18.5. The van der Waals surface area contributed by atoms with Crippen LogP contribution in [0.5, 0.6) is 5.75 Å². The second-order valence-electron chi connectivity index (χ2n) is 5.79. The van der Waals surface area contributed by atoms with Gasteiger partial charge in [0.25, 0.3) is 5.91 Å². The van der Waals surface area contributed by atoms with E-state index >= 15 is 0 Å². The number of hydrogen-bond donors (Lipinski definition) is 1. The molecule has 3 rings (SSSR count). The zero-order valence-electron chi connectivity index (χ0n) is 14.7. The largest absolute Gasteiger partial charge is 0.497 e. The molecule has 3 aromatic rings. The Balaban J connectivity index is 1.67. The van der Waals surface area contributed by atoms with Crippen LogP contribution in [-0.4, -0.2) is 28.5 Å². The lowest BCUT2D eigenvalue weighted by atomic mass is 10.2. The average Bonchev–Trinajstić information content (AvgIpc) is 3.10. The number of thioether (sulfide) groups is 1. The number of rotatable bonds is 6. The van der Waals surface area contributed by atoms with Crippen molar-refractivity contribution in [1.29, 1.82) is 0 Å². The normalized spacial score (nSPS) is 10.8. The molecule has 0 radical (unpaired) electrons. The van der Waals surface area contributed by atoms with Crippen LogP contribution < -0.4 is 10.1 Å². The summed E-state index contributed by atoms with van der Waals surface area (Å²) in [6, 6.07) is 14.7. The fourth-order valence-corrected chi connectivity index (χ4v) is 3.09. The molecule has 0 aliphatic rings. The van der Waals surface area contributed by atoms with Crippen molar-refractivity contribution in [2.45, 2.75) is 24.0 Å². The Hall–Kier alpha value is -2.80. The first kappa shape index (κ1) is 18.0. The van der Waals surface area contributed by atoms with E-state index in [4.69, 9.17) is 9.15 Å². The van der Waals surface area contributed by atoms with Crippen molar-refractivity contribution in [2.24, 2.45) is 0 Å². The minimum atomic E-state index is -0.295. The number of amides is 1. The van der Waals surface area contributed by atoms with E-state index in [-0.39, 0.29) is 11.9 Å². The molecule has 26 heavy (non-hydrogen) atoms. The molecule has 0 aliphatic heterocycles. The average molecular weight is 369 g/mol. The molecule has 7 heteroatoms. The Bertz CT molecular complexity index is 874. The van der Waals surface area contributed by atoms with Gasteiger partial charge >= 0.3 is 6.01 Å². The molecule has 0 bridgehead atoms. The minimum absolute atomic E-state index is 0.0569. The number of ether oxygens (including phenoxy) is 1. The van der Waals surface area contributed by atoms with Crippen LogP contribution in [0.3, 0.4) is 0 Å². The Morgan fingerprint density at radius 2 is 1.77 bits per heavy atom. The van der Waals surface area contributed by atoms with Gasteiger partial charge in [-0.05, 0) is 48.5 Å². The fourth-order valence-electron chi connectivity index (χ4n) is 2.25. The van der Waals surface area contributed by atoms with Crippen molar-refractivity contribution in [1.82, 2.24) is 10.2 Å². The lowest BCUT2D eigenvalue weighted by Gasteiger charge is -2.05. The number of carbonyl (C=O) groups is 1. The van der Waals surface area contributed by atoms with Crippen LogP contribution in [0.15, 0.2) is 57.8 Å². The predicted octanol–water partition coefficient (Wildman–Crippen LogP) is 4.50. The highest BCUT2D eigenvalue weighted by molar-refractivity contribution is 7.99. The Labute approximate surface area is 156 Å². The number of anilines is 1. The standard InChI is InChI=1S/C19H19N3O3S/c1-12(2)26-16-10-6-13(7-11-16)17(23)20-19-22-21-18(25-19)14-4-8-15(24-3)9-5-14/h4-12H,1-3H3,(H,20,22,23). The first-order valence-electron chi connectivity index (χ1n) is 8.11. The highest BCUT2D eigenvalue weighted by Gasteiger charge is 2.13. The molecule has 0 fully saturated rings. The second kappa shape index (κ2) is 8.05. The molecule has 0 aliphatic carbocycles. The lowest BCUT2D eigenvalue weighted by molar-refractivity contribution is 0.102. The van der Waals surface area contributed by atoms with Gasteiger partial charge in [0.15, 0.2) is 0 Å². The topological polar surface area (TPSA) is 77.3 Å². The van der Waals surface area contributed by atoms with E-state index < -0.39 is 0 Å². The van der Waals surface area contributed by atoms with Crippen molar-refractivity contribution in [3.05, 3.63) is 54.1 Å². The predicted molar refractivity (Wildman–Crippen MR) is 102 cm³/mol. The number of benzene rings is 2. The van der Waals surface area contributed by atoms with E-state index in [0.717, 1.165) is 16.2 Å². The van der Waals surface area contributed by atoms with E-state index in [0.29, 0.717) is 16.7 Å². The monoisotopic (exact) mass is 369 g/mol. The van der Waals surface area contributed by atoms with Crippen LogP contribution in [0.4, 0.5) is 6.01 Å². The van der Waals surface area contributed by atoms with Crippen LogP contribution in [0.1, 0.15) is 24.2 Å². The fraction of sp³-hybridized carbons (Fsp3) is 0.211. The maximum absolute atomic E-state index is 12.3. The van der Waals surface area contributed by atoms with Gasteiger partial charge in [-0.1, -0.05) is 18.9 Å². The summed E-state index contributed by atoms with van der Waals surface area (Å²) in [6.45, 7) is 4.25. The van der Waals surface area contributed by atoms with Crippen molar-refractivity contribution < 1.29 is 13.9 Å². The molecule has 0 saturated carbocycles. The Morgan fingerprint density at radius 3 is 2.38 bits per heavy atom. The quantitative estimate of drug-likeness (QED) is 0.645. The number of hydrogen-bond acceptors (Lipinski definition) is 6. The number of methoxy groups -OCH3 is 1. The molecule has 0 unspecified atom stereocenters. The van der Waals surface area contributed by atoms with E-state index in [1.54, 1.807) is 43.1 Å². The van der Waals surface area contributed by atoms with Crippen LogP contribution in [0, 0.1) is 0 Å². The summed E-state index contributed by atoms with van der Waals surface area (Å²) in [5.41, 5.74) is 1.27. The summed E-state index contributed by atoms with van der Waals surface area (Å²) in [5, 5.41) is 10.9. The molecular weight excluding hydrogens is 350 g/mol. The molecule has 6 nitrogen and oxygen atoms in total. The number of carbonyl (C=O) groups excluding carboxylic acids is 1. The number of aromatic nitrogens is 2. The van der Waals surface area contributed by atoms with Crippen molar-refractivity contribution >= 4 is 23.7 Å². The Morgan fingerprint density at radius 1 is 1.08 bits per heavy atom. The van der Waals surface area contributed by atoms with E-state index in [1.165, 1.54) is 0 Å². The zero-order valence-corrected chi connectivity index (χ0v) is 15.5.